The van der Waals surface area contributed by atoms with Crippen molar-refractivity contribution >= 4 is 44.6 Å². The lowest BCUT2D eigenvalue weighted by Gasteiger charge is -2.27. The number of hydrogen-bond acceptors (Lipinski definition) is 2. The van der Waals surface area contributed by atoms with Crippen LogP contribution in [0.5, 0.6) is 0 Å². The monoisotopic (exact) mass is 684 g/mol. The Morgan fingerprint density at radius 3 is 2.20 bits per heavy atom. The highest BCUT2D eigenvalue weighted by Gasteiger charge is 2.44. The van der Waals surface area contributed by atoms with Gasteiger partial charge in [0.15, 0.2) is 5.71 Å². The molecule has 7 rings (SSSR count). The molecule has 4 nitrogen and oxygen atoms in total. The number of anilines is 1. The molecule has 0 unspecified atom stereocenters. The van der Waals surface area contributed by atoms with Crippen molar-refractivity contribution in [1.29, 1.82) is 0 Å². The van der Waals surface area contributed by atoms with Crippen molar-refractivity contribution in [2.75, 3.05) is 18.5 Å². The fourth-order valence-electron chi connectivity index (χ4n) is 8.71. The molecule has 0 bridgehead atoms. The standard InChI is InChI=1S/C45H48N2O2.ClH/c1-44(2)39(46(5)37-25-23-33-16-8-10-18-35(33)42(37)44)27-21-31-14-13-15-32(30-31)22-28-40-45(3,4)43-36-19-11-9-17-34(36)24-26-38(43)47(40)29-12-6-7-20-41(48)49;/h8-11,16-19,21-28,30H,6-7,12-15,20,29H2,1-5H3;1H. The van der Waals surface area contributed by atoms with Gasteiger partial charge >= 0.3 is 5.97 Å². The molecule has 4 aromatic carbocycles. The van der Waals surface area contributed by atoms with Gasteiger partial charge in [0.05, 0.1) is 5.41 Å². The second-order valence-corrected chi connectivity index (χ2v) is 15.1. The highest BCUT2D eigenvalue weighted by atomic mass is 35.5. The van der Waals surface area contributed by atoms with Crippen LogP contribution in [0.3, 0.4) is 0 Å². The molecule has 0 fully saturated rings. The smallest absolute Gasteiger partial charge is 0.303 e. The number of hydrogen-bond donors (Lipinski definition) is 1. The summed E-state index contributed by atoms with van der Waals surface area (Å²) < 4.78 is 2.38. The number of fused-ring (bicyclic) bond motifs is 6. The Morgan fingerprint density at radius 2 is 1.48 bits per heavy atom. The van der Waals surface area contributed by atoms with Gasteiger partial charge in [0.2, 0.25) is 5.69 Å². The number of unbranched alkanes of at least 4 members (excludes halogenated alkanes) is 2. The van der Waals surface area contributed by atoms with E-state index in [4.69, 9.17) is 5.11 Å². The second-order valence-electron chi connectivity index (χ2n) is 15.1. The molecule has 0 aromatic heterocycles. The molecule has 1 aliphatic carbocycles. The van der Waals surface area contributed by atoms with Gasteiger partial charge in [0, 0.05) is 47.5 Å². The van der Waals surface area contributed by atoms with E-state index in [0.717, 1.165) is 45.1 Å². The van der Waals surface area contributed by atoms with Crippen LogP contribution in [0.2, 0.25) is 0 Å². The Labute approximate surface area is 303 Å². The second kappa shape index (κ2) is 14.1. The predicted octanol–water partition coefficient (Wildman–Crippen LogP) is 7.92. The summed E-state index contributed by atoms with van der Waals surface area (Å²) in [5, 5.41) is 14.4. The summed E-state index contributed by atoms with van der Waals surface area (Å²) in [5.74, 6) is -0.711. The van der Waals surface area contributed by atoms with Crippen molar-refractivity contribution in [2.45, 2.75) is 83.5 Å². The van der Waals surface area contributed by atoms with Crippen molar-refractivity contribution < 1.29 is 26.9 Å². The molecule has 50 heavy (non-hydrogen) atoms. The van der Waals surface area contributed by atoms with E-state index in [-0.39, 0.29) is 29.7 Å². The lowest BCUT2D eigenvalue weighted by atomic mass is 9.79. The molecular formula is C45H49ClN2O2. The van der Waals surface area contributed by atoms with Crippen LogP contribution in [0.15, 0.2) is 120 Å². The van der Waals surface area contributed by atoms with Crippen LogP contribution in [0.25, 0.3) is 21.5 Å². The summed E-state index contributed by atoms with van der Waals surface area (Å²) >= 11 is 0. The zero-order valence-corrected chi connectivity index (χ0v) is 30.9. The number of nitrogens with zero attached hydrogens (tertiary/aromatic N) is 2. The van der Waals surface area contributed by atoms with E-state index in [2.05, 4.69) is 147 Å². The van der Waals surface area contributed by atoms with Crippen LogP contribution in [0.4, 0.5) is 11.4 Å². The molecular weight excluding hydrogens is 636 g/mol. The van der Waals surface area contributed by atoms with E-state index in [9.17, 15) is 4.79 Å². The largest absolute Gasteiger partial charge is 1.00 e. The van der Waals surface area contributed by atoms with Crippen LogP contribution in [0.1, 0.15) is 83.8 Å². The molecule has 4 aromatic rings. The lowest BCUT2D eigenvalue weighted by molar-refractivity contribution is -0.401. The molecule has 0 radical (unpaired) electrons. The Balaban J connectivity index is 0.00000432. The van der Waals surface area contributed by atoms with Gasteiger partial charge in [-0.3, -0.25) is 4.79 Å². The fourth-order valence-corrected chi connectivity index (χ4v) is 8.71. The first kappa shape index (κ1) is 35.4. The van der Waals surface area contributed by atoms with Gasteiger partial charge < -0.3 is 22.4 Å². The highest BCUT2D eigenvalue weighted by Crippen LogP contribution is 2.51. The zero-order valence-electron chi connectivity index (χ0n) is 30.1. The number of rotatable bonds is 9. The number of benzene rings is 4. The van der Waals surface area contributed by atoms with Gasteiger partial charge in [-0.2, -0.15) is 4.58 Å². The molecule has 0 saturated heterocycles. The quantitative estimate of drug-likeness (QED) is 0.144. The van der Waals surface area contributed by atoms with E-state index < -0.39 is 5.97 Å². The van der Waals surface area contributed by atoms with Crippen LogP contribution >= 0.6 is 0 Å². The maximum absolute atomic E-state index is 11.1. The number of carboxylic acid groups (broad SMARTS) is 1. The Morgan fingerprint density at radius 1 is 0.800 bits per heavy atom. The van der Waals surface area contributed by atoms with Crippen molar-refractivity contribution in [3.05, 3.63) is 131 Å². The zero-order chi connectivity index (χ0) is 34.3. The van der Waals surface area contributed by atoms with Crippen molar-refractivity contribution in [3.8, 4) is 0 Å². The summed E-state index contributed by atoms with van der Waals surface area (Å²) in [4.78, 5) is 13.6. The normalized spacial score (nSPS) is 19.4. The first-order valence-electron chi connectivity index (χ1n) is 18.0. The van der Waals surface area contributed by atoms with Gasteiger partial charge in [-0.1, -0.05) is 93.1 Å². The molecule has 2 aliphatic heterocycles. The summed E-state index contributed by atoms with van der Waals surface area (Å²) in [7, 11) is 2.21. The van der Waals surface area contributed by atoms with E-state index in [0.29, 0.717) is 0 Å². The van der Waals surface area contributed by atoms with Gasteiger partial charge in [-0.15, -0.1) is 0 Å². The molecule has 0 amide bonds. The summed E-state index contributed by atoms with van der Waals surface area (Å²) in [6.45, 7) is 10.3. The SMILES string of the molecule is C[N+]1=C(C=CC2=CC(=CC=C3N(CCCCCC(=O)O)c4ccc5ccccc5c4C3(C)C)CCC2)C(C)(C)c2c1ccc1ccccc21.[Cl-]. The van der Waals surface area contributed by atoms with E-state index >= 15 is 0 Å². The molecule has 3 aliphatic rings. The third kappa shape index (κ3) is 6.35. The number of allylic oxidation sites excluding steroid dienone is 8. The molecule has 258 valence electrons. The minimum absolute atomic E-state index is 0. The van der Waals surface area contributed by atoms with E-state index in [1.54, 1.807) is 0 Å². The van der Waals surface area contributed by atoms with Crippen molar-refractivity contribution in [3.63, 3.8) is 0 Å². The molecule has 2 heterocycles. The molecule has 0 atom stereocenters. The number of aliphatic carboxylic acids is 1. The summed E-state index contributed by atoms with van der Waals surface area (Å²) in [6.07, 6.45) is 18.0. The average Bonchev–Trinajstić information content (AvgIpc) is 3.43. The number of carboxylic acids is 1. The topological polar surface area (TPSA) is 43.5 Å². The van der Waals surface area contributed by atoms with Crippen LogP contribution in [-0.4, -0.2) is 35.0 Å². The van der Waals surface area contributed by atoms with E-state index in [1.807, 2.05) is 0 Å². The molecule has 0 spiro atoms. The lowest BCUT2D eigenvalue weighted by Crippen LogP contribution is -3.00. The first-order chi connectivity index (χ1) is 23.6. The summed E-state index contributed by atoms with van der Waals surface area (Å²) in [6, 6.07) is 26.5. The molecule has 0 saturated carbocycles. The van der Waals surface area contributed by atoms with Crippen LogP contribution < -0.4 is 17.3 Å². The average molecular weight is 685 g/mol. The maximum atomic E-state index is 11.1. The van der Waals surface area contributed by atoms with Gasteiger partial charge in [-0.25, -0.2) is 0 Å². The Hall–Kier alpha value is -4.41. The fraction of sp³-hybridized carbons (Fsp3) is 0.333. The van der Waals surface area contributed by atoms with Gasteiger partial charge in [0.1, 0.15) is 7.05 Å². The van der Waals surface area contributed by atoms with Gasteiger partial charge in [-0.05, 0) is 102 Å². The Bertz CT molecular complexity index is 2130. The summed E-state index contributed by atoms with van der Waals surface area (Å²) in [5.41, 5.74) is 10.5. The first-order valence-corrected chi connectivity index (χ1v) is 18.0. The minimum atomic E-state index is -0.711. The van der Waals surface area contributed by atoms with Crippen molar-refractivity contribution in [1.82, 2.24) is 0 Å². The Kier molecular flexibility index (Phi) is 9.97. The number of halogens is 1. The third-order valence-electron chi connectivity index (χ3n) is 11.1. The van der Waals surface area contributed by atoms with Crippen LogP contribution in [0, 0.1) is 0 Å². The minimum Gasteiger partial charge on any atom is -1.00 e. The van der Waals surface area contributed by atoms with Crippen molar-refractivity contribution in [2.24, 2.45) is 0 Å². The van der Waals surface area contributed by atoms with E-state index in [1.165, 1.54) is 66.6 Å². The number of carbonyl (C=O) groups is 1. The molecule has 1 N–H and O–H groups in total. The molecule has 5 heteroatoms. The maximum Gasteiger partial charge on any atom is 0.303 e. The third-order valence-corrected chi connectivity index (χ3v) is 11.1. The highest BCUT2D eigenvalue weighted by molar-refractivity contribution is 6.07. The predicted molar refractivity (Wildman–Crippen MR) is 205 cm³/mol. The van der Waals surface area contributed by atoms with Gasteiger partial charge in [0.25, 0.3) is 0 Å². The van der Waals surface area contributed by atoms with Crippen LogP contribution in [-0.2, 0) is 15.6 Å².